The zero-order chi connectivity index (χ0) is 28.0. The first-order valence-electron chi connectivity index (χ1n) is 13.8. The average molecular weight is 561 g/mol. The number of hydrogen-bond donors (Lipinski definition) is 0. The van der Waals surface area contributed by atoms with Crippen LogP contribution in [0.5, 0.6) is 5.75 Å². The molecule has 1 unspecified atom stereocenters. The van der Waals surface area contributed by atoms with E-state index in [1.165, 1.54) is 0 Å². The van der Waals surface area contributed by atoms with Gasteiger partial charge in [-0.15, -0.1) is 0 Å². The highest BCUT2D eigenvalue weighted by atomic mass is 35.5. The maximum atomic E-state index is 13.7. The molecule has 41 heavy (non-hydrogen) atoms. The second-order valence-corrected chi connectivity index (χ2v) is 11.0. The van der Waals surface area contributed by atoms with Gasteiger partial charge in [0.15, 0.2) is 0 Å². The third-order valence-corrected chi connectivity index (χ3v) is 8.50. The highest BCUT2D eigenvalue weighted by Crippen LogP contribution is 2.43. The molecule has 3 heterocycles. The summed E-state index contributed by atoms with van der Waals surface area (Å²) in [7, 11) is 0. The fourth-order valence-electron chi connectivity index (χ4n) is 6.34. The molecule has 0 saturated carbocycles. The van der Waals surface area contributed by atoms with Crippen molar-refractivity contribution in [3.63, 3.8) is 0 Å². The fourth-order valence-corrected chi connectivity index (χ4v) is 6.51. The highest BCUT2D eigenvalue weighted by Gasteiger charge is 2.44. The van der Waals surface area contributed by atoms with Gasteiger partial charge in [0, 0.05) is 17.3 Å². The summed E-state index contributed by atoms with van der Waals surface area (Å²) in [5, 5.41) is 0.577. The van der Waals surface area contributed by atoms with E-state index in [1.54, 1.807) is 12.1 Å². The lowest BCUT2D eigenvalue weighted by Crippen LogP contribution is -2.41. The number of amides is 2. The number of halogens is 1. The van der Waals surface area contributed by atoms with Crippen LogP contribution in [0.15, 0.2) is 116 Å². The molecular weight excluding hydrogens is 532 g/mol. The molecule has 4 aromatic carbocycles. The molecule has 2 aliphatic heterocycles. The molecule has 5 aromatic rings. The van der Waals surface area contributed by atoms with E-state index in [0.29, 0.717) is 30.5 Å². The minimum atomic E-state index is -0.658. The van der Waals surface area contributed by atoms with Crippen molar-refractivity contribution in [2.45, 2.75) is 25.0 Å². The van der Waals surface area contributed by atoms with Crippen molar-refractivity contribution in [1.82, 2.24) is 14.5 Å². The lowest BCUT2D eigenvalue weighted by Gasteiger charge is -2.38. The maximum absolute atomic E-state index is 13.7. The van der Waals surface area contributed by atoms with E-state index in [1.807, 2.05) is 40.4 Å². The van der Waals surface area contributed by atoms with E-state index in [2.05, 4.69) is 84.3 Å². The van der Waals surface area contributed by atoms with E-state index in [-0.39, 0.29) is 12.1 Å². The summed E-state index contributed by atoms with van der Waals surface area (Å²) < 4.78 is 8.22. The van der Waals surface area contributed by atoms with Gasteiger partial charge in [0.1, 0.15) is 17.9 Å². The fraction of sp³-hybridized carbons (Fsp3) is 0.176. The average Bonchev–Trinajstić information content (AvgIpc) is 3.54. The Morgan fingerprint density at radius 3 is 2.05 bits per heavy atom. The van der Waals surface area contributed by atoms with Crippen LogP contribution < -0.4 is 9.64 Å². The van der Waals surface area contributed by atoms with Crippen LogP contribution >= 0.6 is 11.6 Å². The summed E-state index contributed by atoms with van der Waals surface area (Å²) in [4.78, 5) is 22.3. The molecule has 7 rings (SSSR count). The van der Waals surface area contributed by atoms with Gasteiger partial charge in [-0.05, 0) is 41.8 Å². The largest absolute Gasteiger partial charge is 0.489 e. The zero-order valence-corrected chi connectivity index (χ0v) is 23.4. The summed E-state index contributed by atoms with van der Waals surface area (Å²) in [6, 6.07) is 36.9. The number of ether oxygens (including phenoxy) is 1. The summed E-state index contributed by atoms with van der Waals surface area (Å²) in [6.45, 7) is 3.49. The van der Waals surface area contributed by atoms with Crippen LogP contribution in [-0.4, -0.2) is 39.7 Å². The van der Waals surface area contributed by atoms with E-state index < -0.39 is 5.54 Å². The van der Waals surface area contributed by atoms with Crippen molar-refractivity contribution in [2.24, 2.45) is 0 Å². The van der Waals surface area contributed by atoms with Crippen LogP contribution in [0.25, 0.3) is 0 Å². The van der Waals surface area contributed by atoms with Gasteiger partial charge < -0.3 is 14.2 Å². The number of urea groups is 1. The lowest BCUT2D eigenvalue weighted by molar-refractivity contribution is 0.217. The first kappa shape index (κ1) is 25.4. The number of anilines is 1. The summed E-state index contributed by atoms with van der Waals surface area (Å²) in [6.07, 6.45) is 1.92. The van der Waals surface area contributed by atoms with Crippen molar-refractivity contribution < 1.29 is 9.53 Å². The molecule has 0 aliphatic carbocycles. The SMILES string of the molecule is Cc1c(CN2CC3COc4ccc(Cl)cc4N3C2=O)ncn1C(c1ccccc1)(c1ccccc1)c1ccccc1. The number of imidazole rings is 1. The van der Waals surface area contributed by atoms with Gasteiger partial charge in [-0.25, -0.2) is 9.78 Å². The topological polar surface area (TPSA) is 50.6 Å². The minimum absolute atomic E-state index is 0.0591. The Labute approximate surface area is 244 Å². The van der Waals surface area contributed by atoms with Crippen LogP contribution in [0.1, 0.15) is 28.1 Å². The van der Waals surface area contributed by atoms with Crippen LogP contribution in [0.3, 0.4) is 0 Å². The van der Waals surface area contributed by atoms with Crippen molar-refractivity contribution in [3.8, 4) is 5.75 Å². The Bertz CT molecular complexity index is 1610. The second kappa shape index (κ2) is 10.1. The second-order valence-electron chi connectivity index (χ2n) is 10.6. The Hall–Kier alpha value is -4.55. The number of rotatable bonds is 6. The molecule has 0 bridgehead atoms. The van der Waals surface area contributed by atoms with Crippen molar-refractivity contribution in [3.05, 3.63) is 149 Å². The number of aromatic nitrogens is 2. The molecule has 1 fully saturated rings. The van der Waals surface area contributed by atoms with E-state index in [4.69, 9.17) is 21.3 Å². The first-order chi connectivity index (χ1) is 20.1. The summed E-state index contributed by atoms with van der Waals surface area (Å²) >= 11 is 6.28. The Morgan fingerprint density at radius 2 is 1.46 bits per heavy atom. The van der Waals surface area contributed by atoms with Crippen molar-refractivity contribution in [1.29, 1.82) is 0 Å². The molecule has 0 N–H and O–H groups in total. The predicted octanol–water partition coefficient (Wildman–Crippen LogP) is 6.89. The Balaban J connectivity index is 1.31. The van der Waals surface area contributed by atoms with E-state index in [0.717, 1.165) is 33.8 Å². The molecule has 2 aliphatic rings. The molecule has 7 heteroatoms. The third kappa shape index (κ3) is 4.09. The molecular formula is C34H29ClN4O2. The number of nitrogens with zero attached hydrogens (tertiary/aromatic N) is 4. The van der Waals surface area contributed by atoms with Crippen LogP contribution in [-0.2, 0) is 12.1 Å². The minimum Gasteiger partial charge on any atom is -0.489 e. The molecule has 1 saturated heterocycles. The van der Waals surface area contributed by atoms with E-state index in [9.17, 15) is 4.79 Å². The van der Waals surface area contributed by atoms with E-state index >= 15 is 0 Å². The molecule has 0 radical (unpaired) electrons. The number of fused-ring (bicyclic) bond motifs is 3. The zero-order valence-electron chi connectivity index (χ0n) is 22.7. The summed E-state index contributed by atoms with van der Waals surface area (Å²) in [5.41, 5.74) is 5.31. The van der Waals surface area contributed by atoms with Crippen LogP contribution in [0, 0.1) is 6.92 Å². The normalized spacial score (nSPS) is 16.3. The number of hydrogen-bond acceptors (Lipinski definition) is 3. The smallest absolute Gasteiger partial charge is 0.325 e. The third-order valence-electron chi connectivity index (χ3n) is 8.27. The monoisotopic (exact) mass is 560 g/mol. The van der Waals surface area contributed by atoms with Gasteiger partial charge in [-0.3, -0.25) is 4.90 Å². The molecule has 1 aromatic heterocycles. The van der Waals surface area contributed by atoms with Gasteiger partial charge in [0.05, 0.1) is 30.3 Å². The standard InChI is InChI=1S/C34H29ClN4O2/c1-24-30(21-37-20-29-22-41-32-18-17-28(35)19-31(32)39(29)33(37)40)36-23-38(24)34(25-11-5-2-6-12-25,26-13-7-3-8-14-26)27-15-9-4-10-16-27/h2-19,23,29H,20-22H2,1H3. The Kier molecular flexibility index (Phi) is 6.28. The molecule has 0 spiro atoms. The van der Waals surface area contributed by atoms with Gasteiger partial charge in [-0.1, -0.05) is 103 Å². The number of benzene rings is 4. The Morgan fingerprint density at radius 1 is 0.878 bits per heavy atom. The quantitative estimate of drug-likeness (QED) is 0.213. The maximum Gasteiger partial charge on any atom is 0.325 e. The van der Waals surface area contributed by atoms with Gasteiger partial charge in [-0.2, -0.15) is 0 Å². The molecule has 204 valence electrons. The van der Waals surface area contributed by atoms with Crippen LogP contribution in [0.4, 0.5) is 10.5 Å². The summed E-state index contributed by atoms with van der Waals surface area (Å²) in [5.74, 6) is 0.680. The molecule has 2 amide bonds. The highest BCUT2D eigenvalue weighted by molar-refractivity contribution is 6.31. The first-order valence-corrected chi connectivity index (χ1v) is 14.2. The van der Waals surface area contributed by atoms with Crippen molar-refractivity contribution in [2.75, 3.05) is 18.1 Å². The van der Waals surface area contributed by atoms with Crippen molar-refractivity contribution >= 4 is 23.3 Å². The number of carbonyl (C=O) groups is 1. The molecule has 6 nitrogen and oxygen atoms in total. The van der Waals surface area contributed by atoms with Gasteiger partial charge >= 0.3 is 6.03 Å². The predicted molar refractivity (Wildman–Crippen MR) is 161 cm³/mol. The number of carbonyl (C=O) groups excluding carboxylic acids is 1. The van der Waals surface area contributed by atoms with Gasteiger partial charge in [0.25, 0.3) is 0 Å². The lowest BCUT2D eigenvalue weighted by atomic mass is 9.76. The van der Waals surface area contributed by atoms with Gasteiger partial charge in [0.2, 0.25) is 0 Å². The molecule has 1 atom stereocenters. The van der Waals surface area contributed by atoms with Crippen LogP contribution in [0.2, 0.25) is 5.02 Å².